The summed E-state index contributed by atoms with van der Waals surface area (Å²) in [7, 11) is 1.34. The zero-order chi connectivity index (χ0) is 15.5. The van der Waals surface area contributed by atoms with Gasteiger partial charge in [0.25, 0.3) is 0 Å². The van der Waals surface area contributed by atoms with Crippen LogP contribution in [0.15, 0.2) is 29.8 Å². The summed E-state index contributed by atoms with van der Waals surface area (Å²) in [6.07, 6.45) is 1.52. The van der Waals surface area contributed by atoms with Crippen LogP contribution in [-0.2, 0) is 10.2 Å². The van der Waals surface area contributed by atoms with Crippen LogP contribution in [0, 0.1) is 0 Å². The van der Waals surface area contributed by atoms with Crippen molar-refractivity contribution in [2.24, 2.45) is 0 Å². The first-order chi connectivity index (χ1) is 9.94. The number of esters is 1. The largest absolute Gasteiger partial charge is 0.465 e. The van der Waals surface area contributed by atoms with Gasteiger partial charge < -0.3 is 15.8 Å². The van der Waals surface area contributed by atoms with Gasteiger partial charge >= 0.3 is 5.97 Å². The molecule has 0 atom stereocenters. The van der Waals surface area contributed by atoms with Gasteiger partial charge in [0.1, 0.15) is 11.4 Å². The van der Waals surface area contributed by atoms with E-state index >= 15 is 0 Å². The number of nitrogen functional groups attached to an aromatic ring is 1. The van der Waals surface area contributed by atoms with Crippen molar-refractivity contribution in [1.82, 2.24) is 4.98 Å². The molecule has 0 aliphatic rings. The number of aromatic nitrogens is 1. The molecule has 0 aromatic carbocycles. The number of anilines is 2. The second kappa shape index (κ2) is 6.13. The number of nitrogens with one attached hydrogen (secondary N) is 1. The normalized spacial score (nSPS) is 11.2. The van der Waals surface area contributed by atoms with Crippen LogP contribution >= 0.6 is 11.3 Å². The Bertz CT molecular complexity index is 624. The molecule has 0 unspecified atom stereocenters. The molecule has 0 radical (unpaired) electrons. The average molecular weight is 305 g/mol. The number of thiophene rings is 1. The Morgan fingerprint density at radius 3 is 2.90 bits per heavy atom. The molecule has 3 N–H and O–H groups in total. The Morgan fingerprint density at radius 1 is 1.52 bits per heavy atom. The Morgan fingerprint density at radius 2 is 2.29 bits per heavy atom. The standard InChI is InChI=1S/C15H19N3O2S/c1-15(2,12-5-4-6-21-12)9-18-13-11(14(19)20-3)7-10(16)8-17-13/h4-8H,9,16H2,1-3H3,(H,17,18). The van der Waals surface area contributed by atoms with Crippen LogP contribution in [0.3, 0.4) is 0 Å². The van der Waals surface area contributed by atoms with Crippen LogP contribution in [0.25, 0.3) is 0 Å². The quantitative estimate of drug-likeness (QED) is 0.831. The van der Waals surface area contributed by atoms with Crippen LogP contribution in [-0.4, -0.2) is 24.6 Å². The molecule has 0 fully saturated rings. The number of rotatable bonds is 5. The molecule has 6 heteroatoms. The average Bonchev–Trinajstić information content (AvgIpc) is 3.00. The number of carbonyl (C=O) groups excluding carboxylic acids is 1. The predicted octanol–water partition coefficient (Wildman–Crippen LogP) is 2.90. The van der Waals surface area contributed by atoms with Gasteiger partial charge in [0.05, 0.1) is 19.0 Å². The SMILES string of the molecule is COC(=O)c1cc(N)cnc1NCC(C)(C)c1cccs1. The van der Waals surface area contributed by atoms with E-state index in [1.165, 1.54) is 18.2 Å². The van der Waals surface area contributed by atoms with Crippen molar-refractivity contribution in [2.45, 2.75) is 19.3 Å². The molecule has 0 aliphatic carbocycles. The number of hydrogen-bond acceptors (Lipinski definition) is 6. The topological polar surface area (TPSA) is 77.2 Å². The Balaban J connectivity index is 2.18. The lowest BCUT2D eigenvalue weighted by Gasteiger charge is -2.24. The summed E-state index contributed by atoms with van der Waals surface area (Å²) in [6, 6.07) is 5.70. The monoisotopic (exact) mass is 305 g/mol. The van der Waals surface area contributed by atoms with Crippen molar-refractivity contribution >= 4 is 28.8 Å². The van der Waals surface area contributed by atoms with E-state index in [0.29, 0.717) is 23.6 Å². The first kappa shape index (κ1) is 15.3. The first-order valence-corrected chi connectivity index (χ1v) is 7.43. The van der Waals surface area contributed by atoms with Crippen molar-refractivity contribution in [1.29, 1.82) is 0 Å². The van der Waals surface area contributed by atoms with Crippen molar-refractivity contribution in [3.63, 3.8) is 0 Å². The first-order valence-electron chi connectivity index (χ1n) is 6.56. The molecule has 0 saturated heterocycles. The smallest absolute Gasteiger partial charge is 0.341 e. The summed E-state index contributed by atoms with van der Waals surface area (Å²) in [4.78, 5) is 17.3. The van der Waals surface area contributed by atoms with Crippen molar-refractivity contribution in [3.05, 3.63) is 40.2 Å². The molecule has 0 aliphatic heterocycles. The lowest BCUT2D eigenvalue weighted by Crippen LogP contribution is -2.27. The van der Waals surface area contributed by atoms with E-state index in [1.807, 2.05) is 6.07 Å². The molecule has 2 rings (SSSR count). The summed E-state index contributed by atoms with van der Waals surface area (Å²) < 4.78 is 4.76. The fourth-order valence-corrected chi connectivity index (χ4v) is 2.79. The van der Waals surface area contributed by atoms with Gasteiger partial charge in [0.15, 0.2) is 0 Å². The number of hydrogen-bond donors (Lipinski definition) is 2. The third kappa shape index (κ3) is 3.52. The van der Waals surface area contributed by atoms with Gasteiger partial charge in [-0.25, -0.2) is 9.78 Å². The number of nitrogens with two attached hydrogens (primary N) is 1. The van der Waals surface area contributed by atoms with E-state index in [0.717, 1.165) is 0 Å². The number of pyridine rings is 1. The minimum absolute atomic E-state index is 0.0649. The molecule has 2 aromatic heterocycles. The van der Waals surface area contributed by atoms with Gasteiger partial charge in [0.2, 0.25) is 0 Å². The van der Waals surface area contributed by atoms with Crippen molar-refractivity contribution < 1.29 is 9.53 Å². The van der Waals surface area contributed by atoms with E-state index in [1.54, 1.807) is 17.4 Å². The van der Waals surface area contributed by atoms with E-state index < -0.39 is 5.97 Å². The Hall–Kier alpha value is -2.08. The fraction of sp³-hybridized carbons (Fsp3) is 0.333. The fourth-order valence-electron chi connectivity index (χ4n) is 1.94. The Labute approximate surface area is 128 Å². The summed E-state index contributed by atoms with van der Waals surface area (Å²) >= 11 is 1.71. The third-order valence-corrected chi connectivity index (χ3v) is 4.44. The second-order valence-corrected chi connectivity index (χ2v) is 6.32. The molecule has 0 saturated carbocycles. The van der Waals surface area contributed by atoms with Crippen LogP contribution in [0.2, 0.25) is 0 Å². The van der Waals surface area contributed by atoms with Gasteiger partial charge in [-0.3, -0.25) is 0 Å². The number of methoxy groups -OCH3 is 1. The van der Waals surface area contributed by atoms with E-state index in [-0.39, 0.29) is 5.41 Å². The van der Waals surface area contributed by atoms with E-state index in [9.17, 15) is 4.79 Å². The highest BCUT2D eigenvalue weighted by atomic mass is 32.1. The molecule has 5 nitrogen and oxygen atoms in total. The molecular weight excluding hydrogens is 286 g/mol. The maximum absolute atomic E-state index is 11.8. The highest BCUT2D eigenvalue weighted by Gasteiger charge is 2.23. The van der Waals surface area contributed by atoms with Gasteiger partial charge in [-0.05, 0) is 17.5 Å². The maximum atomic E-state index is 11.8. The zero-order valence-electron chi connectivity index (χ0n) is 12.3. The predicted molar refractivity (Wildman–Crippen MR) is 85.8 cm³/mol. The summed E-state index contributed by atoms with van der Waals surface area (Å²) in [5, 5.41) is 5.28. The van der Waals surface area contributed by atoms with Gasteiger partial charge in [-0.15, -0.1) is 11.3 Å². The minimum Gasteiger partial charge on any atom is -0.465 e. The summed E-state index contributed by atoms with van der Waals surface area (Å²) in [5.41, 5.74) is 6.39. The number of nitrogens with zero attached hydrogens (tertiary/aromatic N) is 1. The molecule has 2 heterocycles. The Kier molecular flexibility index (Phi) is 4.47. The molecular formula is C15H19N3O2S. The van der Waals surface area contributed by atoms with Crippen LogP contribution in [0.4, 0.5) is 11.5 Å². The zero-order valence-corrected chi connectivity index (χ0v) is 13.2. The minimum atomic E-state index is -0.453. The summed E-state index contributed by atoms with van der Waals surface area (Å²) in [5.74, 6) is 0.0342. The van der Waals surface area contributed by atoms with E-state index in [4.69, 9.17) is 10.5 Å². The molecule has 0 bridgehead atoms. The van der Waals surface area contributed by atoms with Gasteiger partial charge in [-0.1, -0.05) is 19.9 Å². The molecule has 2 aromatic rings. The third-order valence-electron chi connectivity index (χ3n) is 3.20. The van der Waals surface area contributed by atoms with E-state index in [2.05, 4.69) is 35.6 Å². The molecule has 21 heavy (non-hydrogen) atoms. The highest BCUT2D eigenvalue weighted by molar-refractivity contribution is 7.10. The van der Waals surface area contributed by atoms with Gasteiger partial charge in [-0.2, -0.15) is 0 Å². The van der Waals surface area contributed by atoms with Crippen LogP contribution < -0.4 is 11.1 Å². The lowest BCUT2D eigenvalue weighted by molar-refractivity contribution is 0.0601. The second-order valence-electron chi connectivity index (χ2n) is 5.37. The lowest BCUT2D eigenvalue weighted by atomic mass is 9.91. The molecule has 0 amide bonds. The van der Waals surface area contributed by atoms with Gasteiger partial charge in [0, 0.05) is 16.8 Å². The number of carbonyl (C=O) groups is 1. The summed E-state index contributed by atoms with van der Waals surface area (Å²) in [6.45, 7) is 4.93. The van der Waals surface area contributed by atoms with Crippen LogP contribution in [0.1, 0.15) is 29.1 Å². The van der Waals surface area contributed by atoms with Crippen molar-refractivity contribution in [3.8, 4) is 0 Å². The van der Waals surface area contributed by atoms with Crippen molar-refractivity contribution in [2.75, 3.05) is 24.7 Å². The van der Waals surface area contributed by atoms with Crippen LogP contribution in [0.5, 0.6) is 0 Å². The molecule has 0 spiro atoms. The molecule has 112 valence electrons. The highest BCUT2D eigenvalue weighted by Crippen LogP contribution is 2.28. The maximum Gasteiger partial charge on any atom is 0.341 e. The number of ether oxygens (including phenoxy) is 1.